The molecular formula is C23H19Cl4F3N2O2. The van der Waals surface area contributed by atoms with Crippen molar-refractivity contribution < 1.29 is 22.8 Å². The third-order valence-electron chi connectivity index (χ3n) is 6.00. The van der Waals surface area contributed by atoms with Crippen LogP contribution in [-0.4, -0.2) is 29.2 Å². The van der Waals surface area contributed by atoms with Crippen LogP contribution in [-0.2, 0) is 21.8 Å². The summed E-state index contributed by atoms with van der Waals surface area (Å²) in [6.07, 6.45) is -3.64. The molecule has 0 saturated heterocycles. The van der Waals surface area contributed by atoms with Gasteiger partial charge in [0.15, 0.2) is 0 Å². The normalized spacial score (nSPS) is 20.2. The maximum absolute atomic E-state index is 14.2. The molecule has 0 N–H and O–H groups in total. The van der Waals surface area contributed by atoms with Gasteiger partial charge in [0.25, 0.3) is 5.60 Å². The predicted molar refractivity (Wildman–Crippen MR) is 127 cm³/mol. The number of rotatable bonds is 6. The van der Waals surface area contributed by atoms with Crippen LogP contribution in [0.3, 0.4) is 0 Å². The fraction of sp³-hybridized carbons (Fsp3) is 0.391. The third kappa shape index (κ3) is 4.72. The molecule has 4 rings (SSSR count). The number of amides is 1. The quantitative estimate of drug-likeness (QED) is 0.345. The van der Waals surface area contributed by atoms with E-state index in [-0.39, 0.29) is 38.2 Å². The molecule has 34 heavy (non-hydrogen) atoms. The van der Waals surface area contributed by atoms with Gasteiger partial charge in [0.05, 0.1) is 20.8 Å². The zero-order chi connectivity index (χ0) is 24.8. The molecule has 0 radical (unpaired) electrons. The van der Waals surface area contributed by atoms with E-state index in [1.807, 2.05) is 6.92 Å². The van der Waals surface area contributed by atoms with Gasteiger partial charge in [0.1, 0.15) is 0 Å². The maximum atomic E-state index is 14.2. The Kier molecular flexibility index (Phi) is 7.04. The number of nitrogens with zero attached hydrogens (tertiary/aromatic N) is 2. The van der Waals surface area contributed by atoms with Crippen LogP contribution in [0.25, 0.3) is 0 Å². The molecule has 1 aliphatic carbocycles. The van der Waals surface area contributed by atoms with Crippen LogP contribution in [0.15, 0.2) is 35.5 Å². The highest BCUT2D eigenvalue weighted by molar-refractivity contribution is 6.48. The lowest BCUT2D eigenvalue weighted by Crippen LogP contribution is -2.42. The minimum atomic E-state index is -4.83. The minimum absolute atomic E-state index is 0.0489. The molecule has 0 spiro atoms. The second kappa shape index (κ2) is 9.41. The van der Waals surface area contributed by atoms with Gasteiger partial charge >= 0.3 is 6.18 Å². The Morgan fingerprint density at radius 1 is 1.12 bits per heavy atom. The van der Waals surface area contributed by atoms with E-state index in [4.69, 9.17) is 51.2 Å². The van der Waals surface area contributed by atoms with E-state index in [9.17, 15) is 18.0 Å². The van der Waals surface area contributed by atoms with Gasteiger partial charge in [0.2, 0.25) is 5.91 Å². The summed E-state index contributed by atoms with van der Waals surface area (Å²) in [6, 6.07) is 6.99. The summed E-state index contributed by atoms with van der Waals surface area (Å²) >= 11 is 24.3. The van der Waals surface area contributed by atoms with Crippen LogP contribution < -0.4 is 0 Å². The minimum Gasteiger partial charge on any atom is -0.374 e. The summed E-state index contributed by atoms with van der Waals surface area (Å²) in [5.74, 6) is 0.166. The first-order valence-corrected chi connectivity index (χ1v) is 12.0. The molecule has 0 aromatic heterocycles. The molecule has 2 aromatic rings. The first-order valence-electron chi connectivity index (χ1n) is 10.5. The molecule has 1 atom stereocenters. The SMILES string of the molecule is CCN(Cc1ccc(C2=NOC(c3cc(Cl)c(Cl)c(Cl)c3)(C(F)(F)F)C2)cc1Cl)C(=O)C1CC1. The van der Waals surface area contributed by atoms with Gasteiger partial charge in [-0.05, 0) is 43.5 Å². The van der Waals surface area contributed by atoms with Crippen LogP contribution in [0, 0.1) is 5.92 Å². The van der Waals surface area contributed by atoms with Crippen molar-refractivity contribution in [3.8, 4) is 0 Å². The summed E-state index contributed by atoms with van der Waals surface area (Å²) in [5, 5.41) is 3.77. The van der Waals surface area contributed by atoms with Crippen molar-refractivity contribution in [3.63, 3.8) is 0 Å². The molecule has 1 heterocycles. The van der Waals surface area contributed by atoms with Crippen molar-refractivity contribution in [2.24, 2.45) is 11.1 Å². The van der Waals surface area contributed by atoms with E-state index in [2.05, 4.69) is 5.16 Å². The number of carbonyl (C=O) groups excluding carboxylic acids is 1. The Balaban J connectivity index is 1.60. The molecule has 2 aliphatic rings. The van der Waals surface area contributed by atoms with Crippen molar-refractivity contribution in [2.75, 3.05) is 6.54 Å². The third-order valence-corrected chi connectivity index (χ3v) is 7.55. The summed E-state index contributed by atoms with van der Waals surface area (Å²) in [4.78, 5) is 19.2. The number of alkyl halides is 3. The largest absolute Gasteiger partial charge is 0.435 e. The predicted octanol–water partition coefficient (Wildman–Crippen LogP) is 7.64. The number of halogens is 7. The highest BCUT2D eigenvalue weighted by atomic mass is 35.5. The Hall–Kier alpha value is -1.67. The number of oxime groups is 1. The maximum Gasteiger partial charge on any atom is 0.435 e. The summed E-state index contributed by atoms with van der Waals surface area (Å²) < 4.78 is 42.7. The second-order valence-corrected chi connectivity index (χ2v) is 9.92. The van der Waals surface area contributed by atoms with E-state index < -0.39 is 18.2 Å². The van der Waals surface area contributed by atoms with Crippen LogP contribution in [0.5, 0.6) is 0 Å². The van der Waals surface area contributed by atoms with Crippen LogP contribution in [0.2, 0.25) is 20.1 Å². The molecule has 1 aliphatic heterocycles. The van der Waals surface area contributed by atoms with Crippen LogP contribution >= 0.6 is 46.4 Å². The van der Waals surface area contributed by atoms with Crippen molar-refractivity contribution in [1.29, 1.82) is 0 Å². The first kappa shape index (κ1) is 25.4. The molecule has 1 fully saturated rings. The summed E-state index contributed by atoms with van der Waals surface area (Å²) in [7, 11) is 0. The van der Waals surface area contributed by atoms with E-state index in [0.29, 0.717) is 29.2 Å². The zero-order valence-electron chi connectivity index (χ0n) is 17.9. The molecule has 0 bridgehead atoms. The highest BCUT2D eigenvalue weighted by Gasteiger charge is 2.62. The molecule has 4 nitrogen and oxygen atoms in total. The van der Waals surface area contributed by atoms with Crippen molar-refractivity contribution in [2.45, 2.75) is 44.5 Å². The first-order chi connectivity index (χ1) is 16.0. The highest BCUT2D eigenvalue weighted by Crippen LogP contribution is 2.50. The van der Waals surface area contributed by atoms with E-state index in [1.54, 1.807) is 17.0 Å². The van der Waals surface area contributed by atoms with Gasteiger partial charge in [0, 0.05) is 41.6 Å². The van der Waals surface area contributed by atoms with Gasteiger partial charge in [-0.25, -0.2) is 0 Å². The molecule has 1 unspecified atom stereocenters. The van der Waals surface area contributed by atoms with Gasteiger partial charge in [-0.2, -0.15) is 13.2 Å². The Morgan fingerprint density at radius 3 is 2.29 bits per heavy atom. The molecule has 182 valence electrons. The average molecular weight is 554 g/mol. The smallest absolute Gasteiger partial charge is 0.374 e. The van der Waals surface area contributed by atoms with Gasteiger partial charge in [-0.1, -0.05) is 63.7 Å². The number of benzene rings is 2. The monoisotopic (exact) mass is 552 g/mol. The Morgan fingerprint density at radius 2 is 1.76 bits per heavy atom. The van der Waals surface area contributed by atoms with E-state index in [1.165, 1.54) is 6.07 Å². The Bertz CT molecular complexity index is 1140. The van der Waals surface area contributed by atoms with Crippen molar-refractivity contribution in [3.05, 3.63) is 67.1 Å². The lowest BCUT2D eigenvalue weighted by molar-refractivity contribution is -0.275. The van der Waals surface area contributed by atoms with Gasteiger partial charge in [-0.15, -0.1) is 0 Å². The van der Waals surface area contributed by atoms with Gasteiger partial charge < -0.3 is 9.74 Å². The lowest BCUT2D eigenvalue weighted by atomic mass is 9.86. The number of hydrogen-bond donors (Lipinski definition) is 0. The fourth-order valence-electron chi connectivity index (χ4n) is 3.84. The average Bonchev–Trinajstić information content (AvgIpc) is 3.52. The lowest BCUT2D eigenvalue weighted by Gasteiger charge is -2.30. The van der Waals surface area contributed by atoms with E-state index >= 15 is 0 Å². The van der Waals surface area contributed by atoms with Crippen molar-refractivity contribution >= 4 is 58.0 Å². The molecule has 1 amide bonds. The van der Waals surface area contributed by atoms with Crippen molar-refractivity contribution in [1.82, 2.24) is 4.90 Å². The number of hydrogen-bond acceptors (Lipinski definition) is 3. The number of carbonyl (C=O) groups is 1. The molecule has 11 heteroatoms. The van der Waals surface area contributed by atoms with Crippen LogP contribution in [0.4, 0.5) is 13.2 Å². The van der Waals surface area contributed by atoms with Crippen LogP contribution in [0.1, 0.15) is 42.9 Å². The second-order valence-electron chi connectivity index (χ2n) is 8.32. The standard InChI is InChI=1S/C23H19Cl4F3N2O2/c1-2-32(21(33)12-3-4-12)11-14-6-5-13(7-16(14)24)19-10-22(34-31-19,23(28,29)30)15-8-17(25)20(27)18(26)9-15/h5-9,12H,2-4,10-11H2,1H3. The summed E-state index contributed by atoms with van der Waals surface area (Å²) in [6.45, 7) is 2.75. The topological polar surface area (TPSA) is 41.9 Å². The zero-order valence-corrected chi connectivity index (χ0v) is 20.9. The Labute approximate surface area is 214 Å². The fourth-order valence-corrected chi connectivity index (χ4v) is 4.68. The van der Waals surface area contributed by atoms with E-state index in [0.717, 1.165) is 25.0 Å². The summed E-state index contributed by atoms with van der Waals surface area (Å²) in [5.41, 5.74) is -1.95. The molecular weight excluding hydrogens is 535 g/mol. The van der Waals surface area contributed by atoms with Gasteiger partial charge in [-0.3, -0.25) is 4.79 Å². The molecule has 2 aromatic carbocycles. The molecule has 1 saturated carbocycles.